The number of guanidine groups is 1. The molecule has 2 aromatic rings. The number of ether oxygens (including phenoxy) is 3. The number of hydrogen-bond acceptors (Lipinski definition) is 5. The van der Waals surface area contributed by atoms with Crippen molar-refractivity contribution < 1.29 is 14.2 Å². The Morgan fingerprint density at radius 3 is 2.59 bits per heavy atom. The van der Waals surface area contributed by atoms with Gasteiger partial charge in [-0.15, -0.1) is 24.0 Å². The molecule has 1 unspecified atom stereocenters. The minimum Gasteiger partial charge on any atom is -0.493 e. The summed E-state index contributed by atoms with van der Waals surface area (Å²) in [6.45, 7) is 5.86. The first kappa shape index (κ1) is 24.8. The molecule has 0 aliphatic carbocycles. The highest BCUT2D eigenvalue weighted by atomic mass is 127. The van der Waals surface area contributed by atoms with Gasteiger partial charge in [-0.2, -0.15) is 0 Å². The summed E-state index contributed by atoms with van der Waals surface area (Å²) in [7, 11) is 3.37. The van der Waals surface area contributed by atoms with E-state index in [0.29, 0.717) is 37.3 Å². The van der Waals surface area contributed by atoms with Gasteiger partial charge in [0.1, 0.15) is 6.10 Å². The van der Waals surface area contributed by atoms with Gasteiger partial charge in [-0.1, -0.05) is 25.1 Å². The highest BCUT2D eigenvalue weighted by Crippen LogP contribution is 2.26. The first-order valence-electron chi connectivity index (χ1n) is 9.48. The summed E-state index contributed by atoms with van der Waals surface area (Å²) in [5.74, 6) is 2.77. The van der Waals surface area contributed by atoms with Crippen LogP contribution in [0.5, 0.6) is 17.4 Å². The minimum absolute atomic E-state index is 0. The third-order valence-electron chi connectivity index (χ3n) is 3.92. The topological polar surface area (TPSA) is 77.0 Å². The Morgan fingerprint density at radius 2 is 1.90 bits per heavy atom. The lowest BCUT2D eigenvalue weighted by molar-refractivity contribution is 0.213. The van der Waals surface area contributed by atoms with Gasteiger partial charge in [0, 0.05) is 25.4 Å². The maximum absolute atomic E-state index is 5.96. The van der Waals surface area contributed by atoms with E-state index in [1.807, 2.05) is 43.3 Å². The Morgan fingerprint density at radius 1 is 1.14 bits per heavy atom. The summed E-state index contributed by atoms with van der Waals surface area (Å²) in [5, 5.41) is 6.55. The first-order valence-corrected chi connectivity index (χ1v) is 9.48. The number of nitrogens with one attached hydrogen (secondary N) is 2. The van der Waals surface area contributed by atoms with Crippen molar-refractivity contribution in [2.24, 2.45) is 4.99 Å². The zero-order valence-corrected chi connectivity index (χ0v) is 19.8. The van der Waals surface area contributed by atoms with E-state index in [2.05, 4.69) is 27.5 Å². The van der Waals surface area contributed by atoms with E-state index in [-0.39, 0.29) is 30.1 Å². The van der Waals surface area contributed by atoms with Gasteiger partial charge < -0.3 is 24.8 Å². The lowest BCUT2D eigenvalue weighted by atomic mass is 10.2. The van der Waals surface area contributed by atoms with Crippen LogP contribution in [0.1, 0.15) is 25.8 Å². The number of pyridine rings is 1. The van der Waals surface area contributed by atoms with Crippen LogP contribution >= 0.6 is 24.0 Å². The van der Waals surface area contributed by atoms with Gasteiger partial charge in [0.15, 0.2) is 17.5 Å². The van der Waals surface area contributed by atoms with Gasteiger partial charge in [-0.3, -0.25) is 4.99 Å². The summed E-state index contributed by atoms with van der Waals surface area (Å²) in [5.41, 5.74) is 0.984. The van der Waals surface area contributed by atoms with Crippen molar-refractivity contribution >= 4 is 29.9 Å². The number of aromatic nitrogens is 1. The largest absolute Gasteiger partial charge is 0.493 e. The Labute approximate surface area is 190 Å². The van der Waals surface area contributed by atoms with Crippen molar-refractivity contribution in [3.63, 3.8) is 0 Å². The lowest BCUT2D eigenvalue weighted by Crippen LogP contribution is -2.41. The van der Waals surface area contributed by atoms with Crippen LogP contribution in [0.15, 0.2) is 47.6 Å². The van der Waals surface area contributed by atoms with Crippen molar-refractivity contribution in [2.75, 3.05) is 27.3 Å². The van der Waals surface area contributed by atoms with Crippen molar-refractivity contribution in [1.82, 2.24) is 15.6 Å². The highest BCUT2D eigenvalue weighted by molar-refractivity contribution is 14.0. The second-order valence-electron chi connectivity index (χ2n) is 6.20. The standard InChI is InChI=1S/C21H30N4O3.HI/c1-5-13-27-20-17(9-8-12-23-20)15-25-21(22-3)24-14-16(2)28-19-11-7-6-10-18(19)26-4;/h6-12,16H,5,13-15H2,1-4H3,(H2,22,24,25);1H. The Hall–Kier alpha value is -2.23. The molecule has 7 nitrogen and oxygen atoms in total. The van der Waals surface area contributed by atoms with E-state index in [1.54, 1.807) is 20.4 Å². The monoisotopic (exact) mass is 514 g/mol. The fraction of sp³-hybridized carbons (Fsp3) is 0.429. The molecule has 1 atom stereocenters. The molecular formula is C21H31IN4O3. The molecular weight excluding hydrogens is 483 g/mol. The van der Waals surface area contributed by atoms with E-state index < -0.39 is 0 Å². The molecule has 0 spiro atoms. The number of benzene rings is 1. The number of rotatable bonds is 10. The molecule has 2 rings (SSSR count). The predicted octanol–water partition coefficient (Wildman–Crippen LogP) is 3.63. The maximum atomic E-state index is 5.96. The van der Waals surface area contributed by atoms with Crippen LogP contribution < -0.4 is 24.8 Å². The van der Waals surface area contributed by atoms with E-state index in [4.69, 9.17) is 14.2 Å². The van der Waals surface area contributed by atoms with E-state index in [9.17, 15) is 0 Å². The molecule has 0 saturated heterocycles. The fourth-order valence-electron chi connectivity index (χ4n) is 2.50. The molecule has 160 valence electrons. The summed E-state index contributed by atoms with van der Waals surface area (Å²) in [4.78, 5) is 8.56. The van der Waals surface area contributed by atoms with E-state index >= 15 is 0 Å². The van der Waals surface area contributed by atoms with Gasteiger partial charge in [-0.25, -0.2) is 4.98 Å². The molecule has 0 amide bonds. The summed E-state index contributed by atoms with van der Waals surface area (Å²) in [6, 6.07) is 11.5. The SMILES string of the molecule is CCCOc1ncccc1CNC(=NC)NCC(C)Oc1ccccc1OC.I. The molecule has 2 N–H and O–H groups in total. The molecule has 0 aliphatic rings. The van der Waals surface area contributed by atoms with Crippen molar-refractivity contribution in [3.8, 4) is 17.4 Å². The third-order valence-corrected chi connectivity index (χ3v) is 3.92. The highest BCUT2D eigenvalue weighted by Gasteiger charge is 2.10. The molecule has 1 heterocycles. The average Bonchev–Trinajstić information content (AvgIpc) is 2.73. The molecule has 0 fully saturated rings. The Balaban J connectivity index is 0.00000420. The molecule has 0 radical (unpaired) electrons. The van der Waals surface area contributed by atoms with Crippen molar-refractivity contribution in [2.45, 2.75) is 32.9 Å². The van der Waals surface area contributed by atoms with Gasteiger partial charge in [0.05, 0.1) is 20.3 Å². The molecule has 0 bridgehead atoms. The molecule has 29 heavy (non-hydrogen) atoms. The van der Waals surface area contributed by atoms with Crippen LogP contribution in [0.25, 0.3) is 0 Å². The van der Waals surface area contributed by atoms with Gasteiger partial charge in [0.25, 0.3) is 0 Å². The number of nitrogens with zero attached hydrogens (tertiary/aromatic N) is 2. The van der Waals surface area contributed by atoms with Crippen molar-refractivity contribution in [3.05, 3.63) is 48.2 Å². The Bertz CT molecular complexity index is 758. The van der Waals surface area contributed by atoms with Crippen LogP contribution in [0.3, 0.4) is 0 Å². The van der Waals surface area contributed by atoms with Gasteiger partial charge in [-0.05, 0) is 31.5 Å². The van der Waals surface area contributed by atoms with Crippen LogP contribution in [-0.2, 0) is 6.54 Å². The average molecular weight is 514 g/mol. The zero-order chi connectivity index (χ0) is 20.2. The van der Waals surface area contributed by atoms with Crippen LogP contribution in [0.4, 0.5) is 0 Å². The number of aliphatic imine (C=N–C) groups is 1. The quantitative estimate of drug-likeness (QED) is 0.287. The Kier molecular flexibility index (Phi) is 11.9. The smallest absolute Gasteiger partial charge is 0.218 e. The van der Waals surface area contributed by atoms with E-state index in [0.717, 1.165) is 17.7 Å². The zero-order valence-electron chi connectivity index (χ0n) is 17.5. The molecule has 1 aromatic heterocycles. The predicted molar refractivity (Wildman–Crippen MR) is 127 cm³/mol. The van der Waals surface area contributed by atoms with Crippen molar-refractivity contribution in [1.29, 1.82) is 0 Å². The summed E-state index contributed by atoms with van der Waals surface area (Å²) >= 11 is 0. The summed E-state index contributed by atoms with van der Waals surface area (Å²) < 4.78 is 17.0. The lowest BCUT2D eigenvalue weighted by Gasteiger charge is -2.19. The number of para-hydroxylation sites is 2. The molecule has 0 saturated carbocycles. The summed E-state index contributed by atoms with van der Waals surface area (Å²) in [6.07, 6.45) is 2.60. The fourth-order valence-corrected chi connectivity index (χ4v) is 2.50. The molecule has 1 aromatic carbocycles. The first-order chi connectivity index (χ1) is 13.7. The van der Waals surface area contributed by atoms with Gasteiger partial charge >= 0.3 is 0 Å². The van der Waals surface area contributed by atoms with Crippen LogP contribution in [-0.4, -0.2) is 44.4 Å². The minimum atomic E-state index is -0.0725. The third kappa shape index (κ3) is 8.35. The normalized spacial score (nSPS) is 11.8. The number of methoxy groups -OCH3 is 1. The molecule has 8 heteroatoms. The number of hydrogen-bond donors (Lipinski definition) is 2. The maximum Gasteiger partial charge on any atom is 0.218 e. The van der Waals surface area contributed by atoms with Gasteiger partial charge in [0.2, 0.25) is 5.88 Å². The molecule has 0 aliphatic heterocycles. The second-order valence-corrected chi connectivity index (χ2v) is 6.20. The van der Waals surface area contributed by atoms with Crippen LogP contribution in [0.2, 0.25) is 0 Å². The second kappa shape index (κ2) is 13.9. The van der Waals surface area contributed by atoms with E-state index in [1.165, 1.54) is 0 Å². The van der Waals surface area contributed by atoms with Crippen LogP contribution in [0, 0.1) is 0 Å². The number of halogens is 1.